The first-order chi connectivity index (χ1) is 10.7. The predicted molar refractivity (Wildman–Crippen MR) is 101 cm³/mol. The summed E-state index contributed by atoms with van der Waals surface area (Å²) < 4.78 is 0. The molecule has 0 spiro atoms. The van der Waals surface area contributed by atoms with Crippen molar-refractivity contribution in [3.63, 3.8) is 0 Å². The summed E-state index contributed by atoms with van der Waals surface area (Å²) in [5, 5.41) is 3.79. The van der Waals surface area contributed by atoms with Crippen molar-refractivity contribution in [2.24, 2.45) is 11.5 Å². The predicted octanol–water partition coefficient (Wildman–Crippen LogP) is 3.20. The van der Waals surface area contributed by atoms with Crippen LogP contribution in [0.1, 0.15) is 86.0 Å². The summed E-state index contributed by atoms with van der Waals surface area (Å²) in [6.07, 6.45) is 9.62. The fourth-order valence-electron chi connectivity index (χ4n) is 4.30. The van der Waals surface area contributed by atoms with Gasteiger partial charge in [-0.15, -0.1) is 0 Å². The van der Waals surface area contributed by atoms with E-state index in [9.17, 15) is 0 Å². The van der Waals surface area contributed by atoms with Gasteiger partial charge in [-0.25, -0.2) is 0 Å². The van der Waals surface area contributed by atoms with Gasteiger partial charge in [0.15, 0.2) is 0 Å². The summed E-state index contributed by atoms with van der Waals surface area (Å²) in [5.41, 5.74) is 12.6. The second kappa shape index (κ2) is 9.36. The van der Waals surface area contributed by atoms with Crippen LogP contribution in [0.3, 0.4) is 0 Å². The van der Waals surface area contributed by atoms with Gasteiger partial charge in [-0.1, -0.05) is 26.2 Å². The molecule has 0 aromatic carbocycles. The van der Waals surface area contributed by atoms with E-state index in [0.29, 0.717) is 6.04 Å². The maximum atomic E-state index is 6.62. The third-order valence-corrected chi connectivity index (χ3v) is 5.04. The van der Waals surface area contributed by atoms with Gasteiger partial charge in [0.05, 0.1) is 6.17 Å². The summed E-state index contributed by atoms with van der Waals surface area (Å²) in [4.78, 5) is 2.61. The molecule has 1 heterocycles. The van der Waals surface area contributed by atoms with E-state index < -0.39 is 0 Å². The highest BCUT2D eigenvalue weighted by Crippen LogP contribution is 2.32. The van der Waals surface area contributed by atoms with Gasteiger partial charge in [-0.2, -0.15) is 0 Å². The zero-order chi connectivity index (χ0) is 17.5. The van der Waals surface area contributed by atoms with Crippen molar-refractivity contribution in [3.05, 3.63) is 0 Å². The highest BCUT2D eigenvalue weighted by molar-refractivity contribution is 5.00. The monoisotopic (exact) mass is 326 g/mol. The molecule has 0 aromatic rings. The molecule has 1 saturated heterocycles. The summed E-state index contributed by atoms with van der Waals surface area (Å²) in [5.74, 6) is 0. The molecule has 0 radical (unpaired) electrons. The largest absolute Gasteiger partial charge is 0.330 e. The molecule has 1 aliphatic heterocycles. The Labute approximate surface area is 144 Å². The fraction of sp³-hybridized carbons (Fsp3) is 1.00. The zero-order valence-electron chi connectivity index (χ0n) is 16.3. The SMILES string of the molecule is CCCCN(C(N)CCCCCN)C1CC(C)(C)NC(C)(C)C1. The number of nitrogens with zero attached hydrogens (tertiary/aromatic N) is 1. The second-order valence-corrected chi connectivity index (χ2v) is 8.75. The molecule has 0 aromatic heterocycles. The maximum Gasteiger partial charge on any atom is 0.0574 e. The third-order valence-electron chi connectivity index (χ3n) is 5.04. The number of nitrogens with one attached hydrogen (secondary N) is 1. The summed E-state index contributed by atoms with van der Waals surface area (Å²) in [6, 6.07) is 0.581. The van der Waals surface area contributed by atoms with Crippen LogP contribution in [0.25, 0.3) is 0 Å². The lowest BCUT2D eigenvalue weighted by Gasteiger charge is -2.51. The van der Waals surface area contributed by atoms with E-state index in [4.69, 9.17) is 11.5 Å². The highest BCUT2D eigenvalue weighted by atomic mass is 15.3. The molecular formula is C19H42N4. The molecule has 0 aliphatic carbocycles. The van der Waals surface area contributed by atoms with Gasteiger partial charge >= 0.3 is 0 Å². The van der Waals surface area contributed by atoms with Gasteiger partial charge in [0, 0.05) is 17.1 Å². The first-order valence-electron chi connectivity index (χ1n) is 9.71. The second-order valence-electron chi connectivity index (χ2n) is 8.75. The average Bonchev–Trinajstić information content (AvgIpc) is 2.40. The van der Waals surface area contributed by atoms with Gasteiger partial charge in [0.25, 0.3) is 0 Å². The number of rotatable bonds is 10. The summed E-state index contributed by atoms with van der Waals surface area (Å²) >= 11 is 0. The lowest BCUT2D eigenvalue weighted by molar-refractivity contribution is 0.0360. The summed E-state index contributed by atoms with van der Waals surface area (Å²) in [6.45, 7) is 13.5. The van der Waals surface area contributed by atoms with E-state index in [-0.39, 0.29) is 17.2 Å². The number of hydrogen-bond acceptors (Lipinski definition) is 4. The quantitative estimate of drug-likeness (QED) is 0.426. The Bertz CT molecular complexity index is 311. The van der Waals surface area contributed by atoms with Gasteiger partial charge in [0.1, 0.15) is 0 Å². The van der Waals surface area contributed by atoms with E-state index in [1.165, 1.54) is 38.5 Å². The normalized spacial score (nSPS) is 22.4. The minimum atomic E-state index is 0.177. The van der Waals surface area contributed by atoms with Crippen LogP contribution >= 0.6 is 0 Å². The molecule has 0 bridgehead atoms. The lowest BCUT2D eigenvalue weighted by Crippen LogP contribution is -2.64. The Morgan fingerprint density at radius 3 is 2.17 bits per heavy atom. The Morgan fingerprint density at radius 2 is 1.65 bits per heavy atom. The van der Waals surface area contributed by atoms with Gasteiger partial charge in [-0.05, 0) is 72.9 Å². The first-order valence-corrected chi connectivity index (χ1v) is 9.71. The number of piperidine rings is 1. The average molecular weight is 327 g/mol. The van der Waals surface area contributed by atoms with E-state index in [1.807, 2.05) is 0 Å². The van der Waals surface area contributed by atoms with Crippen LogP contribution in [0.15, 0.2) is 0 Å². The molecule has 1 fully saturated rings. The van der Waals surface area contributed by atoms with E-state index >= 15 is 0 Å². The van der Waals surface area contributed by atoms with Crippen LogP contribution in [0.5, 0.6) is 0 Å². The molecule has 4 heteroatoms. The summed E-state index contributed by atoms with van der Waals surface area (Å²) in [7, 11) is 0. The molecule has 1 unspecified atom stereocenters. The smallest absolute Gasteiger partial charge is 0.0574 e. The van der Waals surface area contributed by atoms with E-state index in [0.717, 1.165) is 25.9 Å². The topological polar surface area (TPSA) is 67.3 Å². The van der Waals surface area contributed by atoms with Crippen LogP contribution in [0.2, 0.25) is 0 Å². The fourth-order valence-corrected chi connectivity index (χ4v) is 4.30. The van der Waals surface area contributed by atoms with Gasteiger partial charge < -0.3 is 16.8 Å². The molecule has 138 valence electrons. The number of nitrogens with two attached hydrogens (primary N) is 2. The van der Waals surface area contributed by atoms with Crippen LogP contribution in [-0.4, -0.2) is 41.3 Å². The molecule has 1 rings (SSSR count). The van der Waals surface area contributed by atoms with Gasteiger partial charge in [-0.3, -0.25) is 4.90 Å². The highest BCUT2D eigenvalue weighted by Gasteiger charge is 2.40. The minimum absolute atomic E-state index is 0.177. The number of unbranched alkanes of at least 4 members (excludes halogenated alkanes) is 3. The van der Waals surface area contributed by atoms with E-state index in [2.05, 4.69) is 44.8 Å². The van der Waals surface area contributed by atoms with Crippen LogP contribution < -0.4 is 16.8 Å². The van der Waals surface area contributed by atoms with Crippen LogP contribution in [0.4, 0.5) is 0 Å². The Hall–Kier alpha value is -0.160. The lowest BCUT2D eigenvalue weighted by atomic mass is 9.78. The number of hydrogen-bond donors (Lipinski definition) is 3. The van der Waals surface area contributed by atoms with Gasteiger partial charge in [0.2, 0.25) is 0 Å². The van der Waals surface area contributed by atoms with Crippen molar-refractivity contribution >= 4 is 0 Å². The molecule has 4 nitrogen and oxygen atoms in total. The molecule has 0 saturated carbocycles. The Morgan fingerprint density at radius 1 is 1.04 bits per heavy atom. The van der Waals surface area contributed by atoms with E-state index in [1.54, 1.807) is 0 Å². The molecular weight excluding hydrogens is 284 g/mol. The Kier molecular flexibility index (Phi) is 8.50. The van der Waals surface area contributed by atoms with Crippen molar-refractivity contribution in [1.29, 1.82) is 0 Å². The first kappa shape index (κ1) is 20.9. The van der Waals surface area contributed by atoms with Crippen LogP contribution in [-0.2, 0) is 0 Å². The standard InChI is InChI=1S/C19H42N4/c1-6-7-13-23(17(21)11-9-8-10-12-20)16-14-18(2,3)22-19(4,5)15-16/h16-17,22H,6-15,20-21H2,1-5H3. The molecule has 0 amide bonds. The molecule has 1 atom stereocenters. The maximum absolute atomic E-state index is 6.62. The van der Waals surface area contributed by atoms with Crippen molar-refractivity contribution in [2.45, 2.75) is 109 Å². The molecule has 1 aliphatic rings. The minimum Gasteiger partial charge on any atom is -0.330 e. The van der Waals surface area contributed by atoms with Crippen molar-refractivity contribution in [1.82, 2.24) is 10.2 Å². The molecule has 5 N–H and O–H groups in total. The van der Waals surface area contributed by atoms with Crippen molar-refractivity contribution in [3.8, 4) is 0 Å². The van der Waals surface area contributed by atoms with Crippen molar-refractivity contribution < 1.29 is 0 Å². The molecule has 23 heavy (non-hydrogen) atoms. The Balaban J connectivity index is 2.71. The third kappa shape index (κ3) is 7.51. The zero-order valence-corrected chi connectivity index (χ0v) is 16.3. The van der Waals surface area contributed by atoms with Crippen molar-refractivity contribution in [2.75, 3.05) is 13.1 Å². The van der Waals surface area contributed by atoms with Crippen LogP contribution in [0, 0.1) is 0 Å².